The summed E-state index contributed by atoms with van der Waals surface area (Å²) >= 11 is 0. The molecule has 0 bridgehead atoms. The van der Waals surface area contributed by atoms with Crippen LogP contribution in [0.5, 0.6) is 0 Å². The summed E-state index contributed by atoms with van der Waals surface area (Å²) in [6, 6.07) is 9.68. The Morgan fingerprint density at radius 2 is 2.00 bits per heavy atom. The summed E-state index contributed by atoms with van der Waals surface area (Å²) < 4.78 is 0. The summed E-state index contributed by atoms with van der Waals surface area (Å²) in [6.07, 6.45) is 0. The van der Waals surface area contributed by atoms with E-state index in [4.69, 9.17) is 0 Å². The van der Waals surface area contributed by atoms with Crippen molar-refractivity contribution in [1.82, 2.24) is 5.43 Å². The van der Waals surface area contributed by atoms with Crippen LogP contribution >= 0.6 is 0 Å². The van der Waals surface area contributed by atoms with E-state index in [1.54, 1.807) is 0 Å². The van der Waals surface area contributed by atoms with Crippen molar-refractivity contribution in [3.8, 4) is 0 Å². The number of benzene rings is 1. The lowest BCUT2D eigenvalue weighted by Crippen LogP contribution is -2.10. The van der Waals surface area contributed by atoms with Gasteiger partial charge in [-0.2, -0.15) is 0 Å². The lowest BCUT2D eigenvalue weighted by molar-refractivity contribution is 0.600. The molecule has 0 radical (unpaired) electrons. The Kier molecular flexibility index (Phi) is 2.60. The molecule has 0 amide bonds. The van der Waals surface area contributed by atoms with Crippen LogP contribution in [0.2, 0.25) is 0 Å². The summed E-state index contributed by atoms with van der Waals surface area (Å²) in [5.41, 5.74) is 3.49. The first kappa shape index (κ1) is 7.72. The van der Waals surface area contributed by atoms with Crippen molar-refractivity contribution < 1.29 is 0 Å². The van der Waals surface area contributed by atoms with E-state index in [1.807, 2.05) is 37.3 Å². The second kappa shape index (κ2) is 3.71. The maximum Gasteiger partial charge on any atom is 0.0693 e. The quantitative estimate of drug-likeness (QED) is 0.529. The Hall–Kier alpha value is -1.38. The molecule has 0 saturated heterocycles. The van der Waals surface area contributed by atoms with Gasteiger partial charge in [0.25, 0.3) is 0 Å². The average Bonchev–Trinajstić information content (AvgIpc) is 2.07. The predicted molar refractivity (Wildman–Crippen MR) is 43.8 cm³/mol. The van der Waals surface area contributed by atoms with E-state index in [0.29, 0.717) is 0 Å². The molecule has 0 aliphatic heterocycles. The maximum atomic E-state index is 9.83. The standard InChI is InChI=1S/C8H10N2O/c1-7(9-10-11)8-5-3-2-4-6-8/h2-7H,1H3,(H,9,11). The third-order valence-corrected chi connectivity index (χ3v) is 1.55. The van der Waals surface area contributed by atoms with Gasteiger partial charge in [-0.15, -0.1) is 4.91 Å². The van der Waals surface area contributed by atoms with Crippen molar-refractivity contribution in [3.05, 3.63) is 40.8 Å². The molecule has 1 aromatic rings. The van der Waals surface area contributed by atoms with Gasteiger partial charge in [0.15, 0.2) is 0 Å². The highest BCUT2D eigenvalue weighted by atomic mass is 16.3. The van der Waals surface area contributed by atoms with Crippen LogP contribution in [-0.2, 0) is 0 Å². The van der Waals surface area contributed by atoms with Crippen molar-refractivity contribution in [3.63, 3.8) is 0 Å². The van der Waals surface area contributed by atoms with Gasteiger partial charge in [-0.1, -0.05) is 30.3 Å². The first-order chi connectivity index (χ1) is 5.34. The van der Waals surface area contributed by atoms with Crippen LogP contribution in [-0.4, -0.2) is 0 Å². The van der Waals surface area contributed by atoms with Gasteiger partial charge in [0.2, 0.25) is 0 Å². The fourth-order valence-electron chi connectivity index (χ4n) is 0.895. The summed E-state index contributed by atoms with van der Waals surface area (Å²) in [7, 11) is 0. The molecule has 0 spiro atoms. The topological polar surface area (TPSA) is 41.5 Å². The molecular weight excluding hydrogens is 140 g/mol. The Bertz CT molecular complexity index is 223. The van der Waals surface area contributed by atoms with Crippen molar-refractivity contribution >= 4 is 0 Å². The minimum atomic E-state index is -0.00583. The minimum absolute atomic E-state index is 0.00583. The maximum absolute atomic E-state index is 9.83. The fourth-order valence-corrected chi connectivity index (χ4v) is 0.895. The van der Waals surface area contributed by atoms with Crippen molar-refractivity contribution in [2.45, 2.75) is 13.0 Å². The van der Waals surface area contributed by atoms with E-state index in [2.05, 4.69) is 10.7 Å². The molecule has 0 aliphatic carbocycles. The molecule has 58 valence electrons. The zero-order valence-electron chi connectivity index (χ0n) is 6.32. The molecule has 0 aromatic heterocycles. The van der Waals surface area contributed by atoms with Crippen LogP contribution < -0.4 is 5.43 Å². The molecule has 0 aliphatic rings. The van der Waals surface area contributed by atoms with Gasteiger partial charge in [0, 0.05) is 0 Å². The SMILES string of the molecule is CC(NN=O)c1ccccc1. The second-order valence-electron chi connectivity index (χ2n) is 2.35. The highest BCUT2D eigenvalue weighted by Gasteiger charge is 2.00. The first-order valence-corrected chi connectivity index (χ1v) is 3.47. The molecule has 0 saturated carbocycles. The number of rotatable bonds is 3. The molecular formula is C8H10N2O. The van der Waals surface area contributed by atoms with Gasteiger partial charge in [-0.25, -0.2) is 0 Å². The molecule has 11 heavy (non-hydrogen) atoms. The van der Waals surface area contributed by atoms with E-state index < -0.39 is 0 Å². The molecule has 1 rings (SSSR count). The second-order valence-corrected chi connectivity index (χ2v) is 2.35. The number of hydrogen-bond donors (Lipinski definition) is 1. The minimum Gasteiger partial charge on any atom is -0.267 e. The van der Waals surface area contributed by atoms with Gasteiger partial charge in [0.05, 0.1) is 11.3 Å². The predicted octanol–water partition coefficient (Wildman–Crippen LogP) is 2.02. The largest absolute Gasteiger partial charge is 0.267 e. The lowest BCUT2D eigenvalue weighted by Gasteiger charge is -2.07. The Morgan fingerprint density at radius 1 is 1.36 bits per heavy atom. The molecule has 1 atom stereocenters. The van der Waals surface area contributed by atoms with Crippen LogP contribution in [0.15, 0.2) is 35.6 Å². The van der Waals surface area contributed by atoms with E-state index in [9.17, 15) is 4.91 Å². The van der Waals surface area contributed by atoms with Crippen molar-refractivity contribution in [1.29, 1.82) is 0 Å². The summed E-state index contributed by atoms with van der Waals surface area (Å²) in [5, 5.41) is 2.61. The van der Waals surface area contributed by atoms with Gasteiger partial charge in [-0.05, 0) is 12.5 Å². The van der Waals surface area contributed by atoms with E-state index in [0.717, 1.165) is 5.56 Å². The normalized spacial score (nSPS) is 12.1. The van der Waals surface area contributed by atoms with E-state index in [-0.39, 0.29) is 6.04 Å². The monoisotopic (exact) mass is 150 g/mol. The van der Waals surface area contributed by atoms with Gasteiger partial charge < -0.3 is 0 Å². The average molecular weight is 150 g/mol. The van der Waals surface area contributed by atoms with E-state index >= 15 is 0 Å². The number of hydrogen-bond acceptors (Lipinski definition) is 2. The highest BCUT2D eigenvalue weighted by molar-refractivity contribution is 5.17. The Morgan fingerprint density at radius 3 is 2.55 bits per heavy atom. The van der Waals surface area contributed by atoms with E-state index in [1.165, 1.54) is 0 Å². The van der Waals surface area contributed by atoms with Gasteiger partial charge in [-0.3, -0.25) is 5.43 Å². The molecule has 0 fully saturated rings. The zero-order chi connectivity index (χ0) is 8.10. The lowest BCUT2D eigenvalue weighted by atomic mass is 10.1. The number of nitroso groups, excluding NO2 is 1. The van der Waals surface area contributed by atoms with Crippen LogP contribution in [0.3, 0.4) is 0 Å². The van der Waals surface area contributed by atoms with Crippen LogP contribution in [0.1, 0.15) is 18.5 Å². The smallest absolute Gasteiger partial charge is 0.0693 e. The van der Waals surface area contributed by atoms with Gasteiger partial charge in [0.1, 0.15) is 0 Å². The van der Waals surface area contributed by atoms with Crippen LogP contribution in [0.25, 0.3) is 0 Å². The summed E-state index contributed by atoms with van der Waals surface area (Å²) in [4.78, 5) is 9.83. The van der Waals surface area contributed by atoms with Gasteiger partial charge >= 0.3 is 0 Å². The molecule has 3 nitrogen and oxygen atoms in total. The number of nitrogens with one attached hydrogen (secondary N) is 1. The fraction of sp³-hybridized carbons (Fsp3) is 0.250. The number of nitrogens with zero attached hydrogens (tertiary/aromatic N) is 1. The zero-order valence-corrected chi connectivity index (χ0v) is 6.32. The van der Waals surface area contributed by atoms with Crippen molar-refractivity contribution in [2.75, 3.05) is 0 Å². The summed E-state index contributed by atoms with van der Waals surface area (Å²) in [6.45, 7) is 1.89. The molecule has 3 heteroatoms. The van der Waals surface area contributed by atoms with Crippen molar-refractivity contribution in [2.24, 2.45) is 5.29 Å². The summed E-state index contributed by atoms with van der Waals surface area (Å²) in [5.74, 6) is 0. The molecule has 1 unspecified atom stereocenters. The third-order valence-electron chi connectivity index (χ3n) is 1.55. The third kappa shape index (κ3) is 2.04. The molecule has 1 N–H and O–H groups in total. The van der Waals surface area contributed by atoms with Crippen LogP contribution in [0, 0.1) is 4.91 Å². The molecule has 1 aromatic carbocycles. The van der Waals surface area contributed by atoms with Crippen LogP contribution in [0.4, 0.5) is 0 Å². The highest BCUT2D eigenvalue weighted by Crippen LogP contribution is 2.10. The first-order valence-electron chi connectivity index (χ1n) is 3.47. The molecule has 0 heterocycles. The Labute approximate surface area is 65.4 Å². The Balaban J connectivity index is 2.68.